The minimum Gasteiger partial charge on any atom is -0.357 e. The van der Waals surface area contributed by atoms with E-state index in [0.717, 1.165) is 49.4 Å². The average molecular weight is 311 g/mol. The van der Waals surface area contributed by atoms with Crippen molar-refractivity contribution < 1.29 is 0 Å². The molecule has 0 bridgehead atoms. The number of aromatic nitrogens is 1. The van der Waals surface area contributed by atoms with Crippen molar-refractivity contribution in [2.45, 2.75) is 41.2 Å². The van der Waals surface area contributed by atoms with Crippen LogP contribution in [0.2, 0.25) is 0 Å². The number of nitrogens with one attached hydrogen (secondary N) is 2. The standard InChI is InChI=1S/C15H29N5S/c1-6-16-15(17-9-10-20(7-2)8-3)18-11-14-12(4)19-13(5)21-14/h6-11H2,1-5H3,(H2,16,17,18). The maximum atomic E-state index is 4.65. The first-order chi connectivity index (χ1) is 10.1. The number of thiazole rings is 1. The molecule has 2 N–H and O–H groups in total. The smallest absolute Gasteiger partial charge is 0.191 e. The summed E-state index contributed by atoms with van der Waals surface area (Å²) in [5.74, 6) is 0.884. The van der Waals surface area contributed by atoms with Crippen LogP contribution in [0.5, 0.6) is 0 Å². The summed E-state index contributed by atoms with van der Waals surface area (Å²) < 4.78 is 0. The van der Waals surface area contributed by atoms with Gasteiger partial charge >= 0.3 is 0 Å². The topological polar surface area (TPSA) is 52.6 Å². The van der Waals surface area contributed by atoms with Gasteiger partial charge in [0.2, 0.25) is 0 Å². The summed E-state index contributed by atoms with van der Waals surface area (Å²) in [5, 5.41) is 7.80. The van der Waals surface area contributed by atoms with Gasteiger partial charge in [0.1, 0.15) is 0 Å². The number of hydrogen-bond donors (Lipinski definition) is 2. The summed E-state index contributed by atoms with van der Waals surface area (Å²) >= 11 is 1.73. The molecule has 120 valence electrons. The Hall–Kier alpha value is -1.14. The summed E-state index contributed by atoms with van der Waals surface area (Å²) in [6.07, 6.45) is 0. The third-order valence-corrected chi connectivity index (χ3v) is 4.40. The van der Waals surface area contributed by atoms with Crippen molar-refractivity contribution in [3.05, 3.63) is 15.6 Å². The van der Waals surface area contributed by atoms with Gasteiger partial charge in [-0.25, -0.2) is 9.98 Å². The summed E-state index contributed by atoms with van der Waals surface area (Å²) in [6, 6.07) is 0. The summed E-state index contributed by atoms with van der Waals surface area (Å²) in [5.41, 5.74) is 1.10. The Kier molecular flexibility index (Phi) is 8.30. The van der Waals surface area contributed by atoms with Crippen molar-refractivity contribution in [3.8, 4) is 0 Å². The van der Waals surface area contributed by atoms with E-state index in [1.165, 1.54) is 4.88 Å². The molecule has 1 heterocycles. The van der Waals surface area contributed by atoms with Crippen molar-refractivity contribution in [2.24, 2.45) is 4.99 Å². The van der Waals surface area contributed by atoms with Crippen LogP contribution in [0.4, 0.5) is 0 Å². The molecule has 0 saturated carbocycles. The number of nitrogens with zero attached hydrogens (tertiary/aromatic N) is 3. The minimum atomic E-state index is 0.692. The molecule has 1 aromatic rings. The monoisotopic (exact) mass is 311 g/mol. The molecule has 0 aliphatic rings. The third kappa shape index (κ3) is 6.44. The highest BCUT2D eigenvalue weighted by molar-refractivity contribution is 7.11. The molecule has 0 spiro atoms. The summed E-state index contributed by atoms with van der Waals surface area (Å²) in [4.78, 5) is 12.7. The molecule has 0 aliphatic carbocycles. The lowest BCUT2D eigenvalue weighted by atomic mass is 10.4. The van der Waals surface area contributed by atoms with Gasteiger partial charge in [-0.1, -0.05) is 13.8 Å². The van der Waals surface area contributed by atoms with Gasteiger partial charge in [0.15, 0.2) is 5.96 Å². The van der Waals surface area contributed by atoms with Crippen LogP contribution < -0.4 is 10.6 Å². The van der Waals surface area contributed by atoms with Crippen molar-refractivity contribution in [2.75, 3.05) is 32.7 Å². The molecule has 5 nitrogen and oxygen atoms in total. The zero-order valence-corrected chi connectivity index (χ0v) is 14.8. The van der Waals surface area contributed by atoms with Crippen molar-refractivity contribution in [3.63, 3.8) is 0 Å². The molecule has 21 heavy (non-hydrogen) atoms. The fourth-order valence-electron chi connectivity index (χ4n) is 2.09. The molecule has 0 aromatic carbocycles. The second kappa shape index (κ2) is 9.73. The van der Waals surface area contributed by atoms with E-state index < -0.39 is 0 Å². The van der Waals surface area contributed by atoms with Crippen LogP contribution >= 0.6 is 11.3 Å². The highest BCUT2D eigenvalue weighted by atomic mass is 32.1. The van der Waals surface area contributed by atoms with E-state index in [4.69, 9.17) is 0 Å². The molecule has 0 aliphatic heterocycles. The predicted molar refractivity (Wildman–Crippen MR) is 92.2 cm³/mol. The summed E-state index contributed by atoms with van der Waals surface area (Å²) in [6.45, 7) is 16.3. The molecule has 0 saturated heterocycles. The number of hydrogen-bond acceptors (Lipinski definition) is 4. The highest BCUT2D eigenvalue weighted by Gasteiger charge is 2.05. The predicted octanol–water partition coefficient (Wildman–Crippen LogP) is 2.16. The average Bonchev–Trinajstić information content (AvgIpc) is 2.79. The molecule has 0 atom stereocenters. The first-order valence-electron chi connectivity index (χ1n) is 7.78. The van der Waals surface area contributed by atoms with Crippen LogP contribution in [-0.2, 0) is 6.54 Å². The van der Waals surface area contributed by atoms with E-state index in [9.17, 15) is 0 Å². The van der Waals surface area contributed by atoms with E-state index in [1.807, 2.05) is 6.92 Å². The largest absolute Gasteiger partial charge is 0.357 e. The van der Waals surface area contributed by atoms with Gasteiger partial charge in [0.05, 0.1) is 17.2 Å². The Balaban J connectivity index is 2.51. The second-order valence-corrected chi connectivity index (χ2v) is 6.18. The van der Waals surface area contributed by atoms with Gasteiger partial charge in [0.25, 0.3) is 0 Å². The van der Waals surface area contributed by atoms with Crippen LogP contribution in [0.1, 0.15) is 36.3 Å². The van der Waals surface area contributed by atoms with Crippen LogP contribution in [0, 0.1) is 13.8 Å². The molecule has 1 aromatic heterocycles. The Morgan fingerprint density at radius 3 is 2.43 bits per heavy atom. The number of rotatable bonds is 8. The quantitative estimate of drug-likeness (QED) is 0.570. The van der Waals surface area contributed by atoms with E-state index in [2.05, 4.69) is 53.2 Å². The van der Waals surface area contributed by atoms with Crippen molar-refractivity contribution in [1.82, 2.24) is 20.5 Å². The van der Waals surface area contributed by atoms with E-state index >= 15 is 0 Å². The van der Waals surface area contributed by atoms with Crippen molar-refractivity contribution >= 4 is 17.3 Å². The van der Waals surface area contributed by atoms with E-state index in [0.29, 0.717) is 6.54 Å². The number of aryl methyl sites for hydroxylation is 2. The summed E-state index contributed by atoms with van der Waals surface area (Å²) in [7, 11) is 0. The van der Waals surface area contributed by atoms with Crippen molar-refractivity contribution in [1.29, 1.82) is 0 Å². The van der Waals surface area contributed by atoms with Gasteiger partial charge in [-0.2, -0.15) is 0 Å². The van der Waals surface area contributed by atoms with Crippen LogP contribution in [-0.4, -0.2) is 48.6 Å². The Bertz CT molecular complexity index is 437. The number of likely N-dealkylation sites (N-methyl/N-ethyl adjacent to an activating group) is 1. The normalized spacial score (nSPS) is 12.0. The Labute approximate surface area is 132 Å². The van der Waals surface area contributed by atoms with Crippen LogP contribution in [0.25, 0.3) is 0 Å². The molecule has 1 rings (SSSR count). The fourth-order valence-corrected chi connectivity index (χ4v) is 2.95. The minimum absolute atomic E-state index is 0.692. The molecule has 0 radical (unpaired) electrons. The Morgan fingerprint density at radius 1 is 1.19 bits per heavy atom. The maximum absolute atomic E-state index is 4.65. The Morgan fingerprint density at radius 2 is 1.90 bits per heavy atom. The van der Waals surface area contributed by atoms with Crippen LogP contribution in [0.15, 0.2) is 4.99 Å². The third-order valence-electron chi connectivity index (χ3n) is 3.34. The lowest BCUT2D eigenvalue weighted by Crippen LogP contribution is -2.41. The second-order valence-electron chi connectivity index (χ2n) is 4.89. The van der Waals surface area contributed by atoms with Gasteiger partial charge in [-0.15, -0.1) is 11.3 Å². The van der Waals surface area contributed by atoms with Gasteiger partial charge in [-0.3, -0.25) is 0 Å². The van der Waals surface area contributed by atoms with Gasteiger partial charge in [-0.05, 0) is 33.9 Å². The van der Waals surface area contributed by atoms with Gasteiger partial charge in [0, 0.05) is 24.5 Å². The lowest BCUT2D eigenvalue weighted by Gasteiger charge is -2.19. The fraction of sp³-hybridized carbons (Fsp3) is 0.733. The van der Waals surface area contributed by atoms with Gasteiger partial charge < -0.3 is 15.5 Å². The zero-order chi connectivity index (χ0) is 15.7. The molecule has 0 fully saturated rings. The highest BCUT2D eigenvalue weighted by Crippen LogP contribution is 2.17. The SMILES string of the molecule is CCNC(=NCc1sc(C)nc1C)NCCN(CC)CC. The molecule has 0 amide bonds. The van der Waals surface area contributed by atoms with E-state index in [1.54, 1.807) is 11.3 Å². The molecule has 6 heteroatoms. The zero-order valence-electron chi connectivity index (χ0n) is 14.0. The molecular weight excluding hydrogens is 282 g/mol. The van der Waals surface area contributed by atoms with Crippen LogP contribution in [0.3, 0.4) is 0 Å². The van der Waals surface area contributed by atoms with E-state index in [-0.39, 0.29) is 0 Å². The first-order valence-corrected chi connectivity index (χ1v) is 8.59. The number of guanidine groups is 1. The number of aliphatic imine (C=N–C) groups is 1. The molecular formula is C15H29N5S. The lowest BCUT2D eigenvalue weighted by molar-refractivity contribution is 0.308. The maximum Gasteiger partial charge on any atom is 0.191 e. The molecule has 0 unspecified atom stereocenters. The first kappa shape index (κ1) is 17.9.